The zero-order valence-corrected chi connectivity index (χ0v) is 9.78. The van der Waals surface area contributed by atoms with Crippen LogP contribution in [0.5, 0.6) is 5.75 Å². The van der Waals surface area contributed by atoms with E-state index in [4.69, 9.17) is 15.7 Å². The van der Waals surface area contributed by atoms with Gasteiger partial charge in [-0.25, -0.2) is 4.39 Å². The molecule has 0 radical (unpaired) electrons. The predicted molar refractivity (Wildman–Crippen MR) is 63.3 cm³/mol. The number of benzene rings is 1. The fourth-order valence-corrected chi connectivity index (χ4v) is 1.39. The lowest BCUT2D eigenvalue weighted by molar-refractivity contribution is -0.122. The molecule has 0 saturated carbocycles. The smallest absolute Gasteiger partial charge is 0.258 e. The average Bonchev–Trinajstić information content (AvgIpc) is 2.36. The van der Waals surface area contributed by atoms with Crippen molar-refractivity contribution in [3.63, 3.8) is 0 Å². The summed E-state index contributed by atoms with van der Waals surface area (Å²) in [7, 11) is 0. The number of hydrogen-bond donors (Lipinski definition) is 2. The molecule has 0 aliphatic rings. The van der Waals surface area contributed by atoms with Crippen molar-refractivity contribution >= 4 is 5.91 Å². The van der Waals surface area contributed by atoms with E-state index in [0.717, 1.165) is 0 Å². The van der Waals surface area contributed by atoms with Crippen molar-refractivity contribution in [2.24, 2.45) is 5.73 Å². The second-order valence-corrected chi connectivity index (χ2v) is 3.49. The topological polar surface area (TPSA) is 88.1 Å². The largest absolute Gasteiger partial charge is 0.480 e. The van der Waals surface area contributed by atoms with Gasteiger partial charge in [-0.05, 0) is 24.6 Å². The predicted octanol–water partition coefficient (Wildman–Crippen LogP) is 0.345. The average molecular weight is 251 g/mol. The molecule has 0 saturated heterocycles. The number of para-hydroxylation sites is 1. The van der Waals surface area contributed by atoms with Gasteiger partial charge in [0.15, 0.2) is 18.2 Å². The van der Waals surface area contributed by atoms with Gasteiger partial charge in [0.1, 0.15) is 6.54 Å². The Morgan fingerprint density at radius 3 is 3.00 bits per heavy atom. The van der Waals surface area contributed by atoms with Gasteiger partial charge in [0.05, 0.1) is 6.07 Å². The minimum absolute atomic E-state index is 0.0371. The second kappa shape index (κ2) is 7.25. The molecule has 0 heterocycles. The molecular formula is C12H14FN3O2. The summed E-state index contributed by atoms with van der Waals surface area (Å²) in [5.74, 6) is -0.970. The number of halogens is 1. The van der Waals surface area contributed by atoms with Crippen molar-refractivity contribution in [3.8, 4) is 11.8 Å². The summed E-state index contributed by atoms with van der Waals surface area (Å²) in [5.41, 5.74) is 6.02. The number of hydrogen-bond acceptors (Lipinski definition) is 4. The van der Waals surface area contributed by atoms with Gasteiger partial charge in [-0.2, -0.15) is 5.26 Å². The number of nitrogens with zero attached hydrogens (tertiary/aromatic N) is 1. The van der Waals surface area contributed by atoms with E-state index in [1.807, 2.05) is 0 Å². The molecule has 0 aliphatic carbocycles. The van der Waals surface area contributed by atoms with Crippen LogP contribution in [0.2, 0.25) is 0 Å². The molecule has 1 amide bonds. The van der Waals surface area contributed by atoms with Gasteiger partial charge >= 0.3 is 0 Å². The maximum Gasteiger partial charge on any atom is 0.258 e. The minimum atomic E-state index is -0.533. The SMILES string of the molecule is N#CCNC(=O)COc1c(F)cccc1CCN. The van der Waals surface area contributed by atoms with Gasteiger partial charge < -0.3 is 15.8 Å². The molecule has 6 heteroatoms. The molecule has 96 valence electrons. The first-order valence-corrected chi connectivity index (χ1v) is 5.43. The van der Waals surface area contributed by atoms with Crippen LogP contribution in [0.3, 0.4) is 0 Å². The highest BCUT2D eigenvalue weighted by atomic mass is 19.1. The van der Waals surface area contributed by atoms with Crippen molar-refractivity contribution in [2.75, 3.05) is 19.7 Å². The number of ether oxygens (including phenoxy) is 1. The highest BCUT2D eigenvalue weighted by molar-refractivity contribution is 5.77. The number of carbonyl (C=O) groups is 1. The Morgan fingerprint density at radius 1 is 1.56 bits per heavy atom. The molecule has 0 atom stereocenters. The Kier molecular flexibility index (Phi) is 5.61. The van der Waals surface area contributed by atoms with Crippen molar-refractivity contribution in [3.05, 3.63) is 29.6 Å². The fourth-order valence-electron chi connectivity index (χ4n) is 1.39. The van der Waals surface area contributed by atoms with Crippen LogP contribution < -0.4 is 15.8 Å². The van der Waals surface area contributed by atoms with Gasteiger partial charge in [-0.3, -0.25) is 4.79 Å². The quantitative estimate of drug-likeness (QED) is 0.714. The molecule has 0 spiro atoms. The lowest BCUT2D eigenvalue weighted by Gasteiger charge is -2.11. The molecule has 1 aromatic carbocycles. The van der Waals surface area contributed by atoms with Crippen LogP contribution in [-0.4, -0.2) is 25.6 Å². The van der Waals surface area contributed by atoms with Gasteiger partial charge in [-0.15, -0.1) is 0 Å². The maximum absolute atomic E-state index is 13.5. The summed E-state index contributed by atoms with van der Waals surface area (Å²) in [5, 5.41) is 10.6. The third-order valence-corrected chi connectivity index (χ3v) is 2.17. The monoisotopic (exact) mass is 251 g/mol. The fraction of sp³-hybridized carbons (Fsp3) is 0.333. The number of amides is 1. The Balaban J connectivity index is 2.66. The molecule has 5 nitrogen and oxygen atoms in total. The Hall–Kier alpha value is -2.13. The molecular weight excluding hydrogens is 237 g/mol. The molecule has 0 bridgehead atoms. The Morgan fingerprint density at radius 2 is 2.33 bits per heavy atom. The summed E-state index contributed by atoms with van der Waals surface area (Å²) in [4.78, 5) is 11.2. The number of nitrogens with two attached hydrogens (primary N) is 1. The Labute approximate surface area is 104 Å². The molecule has 0 aliphatic heterocycles. The minimum Gasteiger partial charge on any atom is -0.480 e. The lowest BCUT2D eigenvalue weighted by atomic mass is 10.1. The first kappa shape index (κ1) is 13.9. The summed E-state index contributed by atoms with van der Waals surface area (Å²) in [6.07, 6.45) is 0.465. The van der Waals surface area contributed by atoms with E-state index in [-0.39, 0.29) is 18.9 Å². The number of carbonyl (C=O) groups excluding carboxylic acids is 1. The van der Waals surface area contributed by atoms with E-state index < -0.39 is 11.7 Å². The second-order valence-electron chi connectivity index (χ2n) is 3.49. The molecule has 1 rings (SSSR count). The summed E-state index contributed by atoms with van der Waals surface area (Å²) in [6, 6.07) is 6.27. The van der Waals surface area contributed by atoms with Crippen LogP contribution in [-0.2, 0) is 11.2 Å². The van der Waals surface area contributed by atoms with Crippen LogP contribution in [0.1, 0.15) is 5.56 Å². The van der Waals surface area contributed by atoms with Crippen molar-refractivity contribution in [1.29, 1.82) is 5.26 Å². The van der Waals surface area contributed by atoms with Crippen LogP contribution in [0, 0.1) is 17.1 Å². The first-order chi connectivity index (χ1) is 8.69. The Bertz CT molecular complexity index is 457. The zero-order chi connectivity index (χ0) is 13.4. The van der Waals surface area contributed by atoms with Gasteiger partial charge in [0, 0.05) is 0 Å². The van der Waals surface area contributed by atoms with E-state index in [1.54, 1.807) is 18.2 Å². The summed E-state index contributed by atoms with van der Waals surface area (Å²) in [6.45, 7) is -0.0737. The van der Waals surface area contributed by atoms with E-state index in [1.165, 1.54) is 6.07 Å². The molecule has 18 heavy (non-hydrogen) atoms. The molecule has 0 aromatic heterocycles. The molecule has 1 aromatic rings. The van der Waals surface area contributed by atoms with E-state index >= 15 is 0 Å². The van der Waals surface area contributed by atoms with Gasteiger partial charge in [0.2, 0.25) is 0 Å². The molecule has 3 N–H and O–H groups in total. The normalized spacial score (nSPS) is 9.61. The third-order valence-electron chi connectivity index (χ3n) is 2.17. The van der Waals surface area contributed by atoms with Crippen molar-refractivity contribution in [1.82, 2.24) is 5.32 Å². The standard InChI is InChI=1S/C12H14FN3O2/c13-10-3-1-2-9(4-5-14)12(10)18-8-11(17)16-7-6-15/h1-3H,4-5,7-8,14H2,(H,16,17). The van der Waals surface area contributed by atoms with Gasteiger partial charge in [0.25, 0.3) is 5.91 Å². The van der Waals surface area contributed by atoms with Crippen molar-refractivity contribution < 1.29 is 13.9 Å². The van der Waals surface area contributed by atoms with Crippen LogP contribution in [0.15, 0.2) is 18.2 Å². The highest BCUT2D eigenvalue weighted by Crippen LogP contribution is 2.22. The van der Waals surface area contributed by atoms with E-state index in [2.05, 4.69) is 5.32 Å². The van der Waals surface area contributed by atoms with Crippen LogP contribution in [0.25, 0.3) is 0 Å². The molecule has 0 fully saturated rings. The van der Waals surface area contributed by atoms with Crippen LogP contribution in [0.4, 0.5) is 4.39 Å². The highest BCUT2D eigenvalue weighted by Gasteiger charge is 2.11. The number of rotatable bonds is 6. The van der Waals surface area contributed by atoms with E-state index in [9.17, 15) is 9.18 Å². The zero-order valence-electron chi connectivity index (χ0n) is 9.78. The molecule has 0 unspecified atom stereocenters. The first-order valence-electron chi connectivity index (χ1n) is 5.43. The van der Waals surface area contributed by atoms with Crippen LogP contribution >= 0.6 is 0 Å². The third kappa shape index (κ3) is 4.03. The number of nitriles is 1. The van der Waals surface area contributed by atoms with E-state index in [0.29, 0.717) is 18.5 Å². The maximum atomic E-state index is 13.5. The number of nitrogens with one attached hydrogen (secondary N) is 1. The summed E-state index contributed by atoms with van der Waals surface area (Å²) >= 11 is 0. The lowest BCUT2D eigenvalue weighted by Crippen LogP contribution is -2.29. The summed E-state index contributed by atoms with van der Waals surface area (Å²) < 4.78 is 18.7. The van der Waals surface area contributed by atoms with Gasteiger partial charge in [-0.1, -0.05) is 12.1 Å². The van der Waals surface area contributed by atoms with Crippen molar-refractivity contribution in [2.45, 2.75) is 6.42 Å².